The van der Waals surface area contributed by atoms with E-state index < -0.39 is 0 Å². The molecule has 1 aromatic carbocycles. The molecule has 3 rings (SSSR count). The van der Waals surface area contributed by atoms with Crippen molar-refractivity contribution in [1.29, 1.82) is 0 Å². The van der Waals surface area contributed by atoms with Crippen LogP contribution in [0, 0.1) is 0 Å². The number of benzene rings is 1. The minimum Gasteiger partial charge on any atom is -0.497 e. The number of aromatic nitrogens is 2. The number of hydrogen-bond acceptors (Lipinski definition) is 5. The van der Waals surface area contributed by atoms with E-state index >= 15 is 0 Å². The molecule has 0 saturated carbocycles. The second kappa shape index (κ2) is 6.81. The molecule has 0 radical (unpaired) electrons. The van der Waals surface area contributed by atoms with Crippen LogP contribution in [0.4, 0.5) is 0 Å². The van der Waals surface area contributed by atoms with E-state index in [1.165, 1.54) is 11.1 Å². The monoisotopic (exact) mass is 315 g/mol. The number of nitrogens with zero attached hydrogens (tertiary/aromatic N) is 2. The van der Waals surface area contributed by atoms with Crippen LogP contribution in [0.2, 0.25) is 0 Å². The van der Waals surface area contributed by atoms with Crippen LogP contribution >= 0.6 is 0 Å². The number of ether oxygens (including phenoxy) is 1. The van der Waals surface area contributed by atoms with Gasteiger partial charge >= 0.3 is 0 Å². The first kappa shape index (κ1) is 15.5. The van der Waals surface area contributed by atoms with Gasteiger partial charge in [-0.3, -0.25) is 4.79 Å². The first-order valence-electron chi connectivity index (χ1n) is 7.88. The highest BCUT2D eigenvalue weighted by Gasteiger charge is 2.23. The van der Waals surface area contributed by atoms with Crippen LogP contribution in [0.15, 0.2) is 22.7 Å². The van der Waals surface area contributed by atoms with Gasteiger partial charge in [-0.05, 0) is 48.4 Å². The largest absolute Gasteiger partial charge is 0.497 e. The Morgan fingerprint density at radius 3 is 3.13 bits per heavy atom. The summed E-state index contributed by atoms with van der Waals surface area (Å²) in [6, 6.07) is 6.26. The van der Waals surface area contributed by atoms with E-state index in [4.69, 9.17) is 9.26 Å². The van der Waals surface area contributed by atoms with Gasteiger partial charge in [-0.25, -0.2) is 0 Å². The SMILES string of the molecule is CNC(=O)Cc1noc(C[C@H]2CCCc3cc(OC)ccc32)n1. The van der Waals surface area contributed by atoms with Gasteiger partial charge in [0, 0.05) is 13.5 Å². The fourth-order valence-electron chi connectivity index (χ4n) is 3.12. The van der Waals surface area contributed by atoms with Gasteiger partial charge in [-0.2, -0.15) is 4.98 Å². The van der Waals surface area contributed by atoms with Gasteiger partial charge in [-0.15, -0.1) is 0 Å². The molecular formula is C17H21N3O3. The van der Waals surface area contributed by atoms with Crippen molar-refractivity contribution in [2.75, 3.05) is 14.2 Å². The van der Waals surface area contributed by atoms with Gasteiger partial charge in [0.25, 0.3) is 0 Å². The fourth-order valence-corrected chi connectivity index (χ4v) is 3.12. The number of hydrogen-bond donors (Lipinski definition) is 1. The molecule has 1 atom stereocenters. The molecule has 1 aliphatic carbocycles. The number of likely N-dealkylation sites (N-methyl/N-ethyl adjacent to an activating group) is 1. The van der Waals surface area contributed by atoms with Gasteiger partial charge in [0.2, 0.25) is 11.8 Å². The summed E-state index contributed by atoms with van der Waals surface area (Å²) >= 11 is 0. The number of fused-ring (bicyclic) bond motifs is 1. The lowest BCUT2D eigenvalue weighted by Crippen LogP contribution is -2.20. The van der Waals surface area contributed by atoms with Crippen LogP contribution in [-0.2, 0) is 24.1 Å². The molecule has 0 fully saturated rings. The summed E-state index contributed by atoms with van der Waals surface area (Å²) in [7, 11) is 3.28. The Hall–Kier alpha value is -2.37. The Morgan fingerprint density at radius 1 is 1.48 bits per heavy atom. The minimum atomic E-state index is -0.118. The highest BCUT2D eigenvalue weighted by Crippen LogP contribution is 2.35. The summed E-state index contributed by atoms with van der Waals surface area (Å²) in [6.45, 7) is 0. The van der Waals surface area contributed by atoms with Crippen LogP contribution < -0.4 is 10.1 Å². The lowest BCUT2D eigenvalue weighted by molar-refractivity contribution is -0.120. The molecule has 0 aliphatic heterocycles. The third-order valence-electron chi connectivity index (χ3n) is 4.32. The van der Waals surface area contributed by atoms with Crippen molar-refractivity contribution < 1.29 is 14.1 Å². The molecule has 1 heterocycles. The Bertz CT molecular complexity index is 696. The van der Waals surface area contributed by atoms with Crippen LogP contribution in [0.25, 0.3) is 0 Å². The lowest BCUT2D eigenvalue weighted by atomic mass is 9.81. The highest BCUT2D eigenvalue weighted by atomic mass is 16.5. The van der Waals surface area contributed by atoms with E-state index in [0.717, 1.165) is 25.0 Å². The van der Waals surface area contributed by atoms with Gasteiger partial charge < -0.3 is 14.6 Å². The number of carbonyl (C=O) groups excluding carboxylic acids is 1. The maximum atomic E-state index is 11.4. The Labute approximate surface area is 135 Å². The van der Waals surface area contributed by atoms with E-state index in [2.05, 4.69) is 27.6 Å². The quantitative estimate of drug-likeness (QED) is 0.913. The first-order chi connectivity index (χ1) is 11.2. The van der Waals surface area contributed by atoms with Crippen LogP contribution in [-0.4, -0.2) is 30.2 Å². The van der Waals surface area contributed by atoms with Gasteiger partial charge in [0.15, 0.2) is 5.82 Å². The van der Waals surface area contributed by atoms with E-state index in [1.807, 2.05) is 6.07 Å². The average Bonchev–Trinajstić information content (AvgIpc) is 3.01. The van der Waals surface area contributed by atoms with Crippen molar-refractivity contribution in [3.63, 3.8) is 0 Å². The fraction of sp³-hybridized carbons (Fsp3) is 0.471. The number of aryl methyl sites for hydroxylation is 1. The summed E-state index contributed by atoms with van der Waals surface area (Å²) in [6.07, 6.45) is 4.18. The van der Waals surface area contributed by atoms with Gasteiger partial charge in [0.1, 0.15) is 5.75 Å². The van der Waals surface area contributed by atoms with E-state index in [1.54, 1.807) is 14.2 Å². The molecular weight excluding hydrogens is 294 g/mol. The number of rotatable bonds is 5. The van der Waals surface area contributed by atoms with Gasteiger partial charge in [-0.1, -0.05) is 11.2 Å². The first-order valence-corrected chi connectivity index (χ1v) is 7.88. The van der Waals surface area contributed by atoms with Crippen molar-refractivity contribution in [3.8, 4) is 5.75 Å². The normalized spacial score (nSPS) is 16.7. The molecule has 1 aliphatic rings. The maximum Gasteiger partial charge on any atom is 0.227 e. The zero-order valence-electron chi connectivity index (χ0n) is 13.5. The molecule has 1 aromatic heterocycles. The van der Waals surface area contributed by atoms with E-state index in [0.29, 0.717) is 24.1 Å². The molecule has 0 saturated heterocycles. The zero-order valence-corrected chi connectivity index (χ0v) is 13.5. The molecule has 6 nitrogen and oxygen atoms in total. The Kier molecular flexibility index (Phi) is 4.60. The predicted molar refractivity (Wildman–Crippen MR) is 84.4 cm³/mol. The number of amides is 1. The predicted octanol–water partition coefficient (Wildman–Crippen LogP) is 2.03. The van der Waals surface area contributed by atoms with Crippen molar-refractivity contribution in [2.45, 2.75) is 38.0 Å². The smallest absolute Gasteiger partial charge is 0.227 e. The summed E-state index contributed by atoms with van der Waals surface area (Å²) < 4.78 is 10.6. The van der Waals surface area contributed by atoms with Gasteiger partial charge in [0.05, 0.1) is 13.5 Å². The van der Waals surface area contributed by atoms with Crippen molar-refractivity contribution >= 4 is 5.91 Å². The molecule has 2 aromatic rings. The third kappa shape index (κ3) is 3.52. The molecule has 0 spiro atoms. The molecule has 0 unspecified atom stereocenters. The molecule has 122 valence electrons. The zero-order chi connectivity index (χ0) is 16.2. The lowest BCUT2D eigenvalue weighted by Gasteiger charge is -2.24. The molecule has 6 heteroatoms. The molecule has 1 amide bonds. The maximum absolute atomic E-state index is 11.4. The topological polar surface area (TPSA) is 77.2 Å². The number of carbonyl (C=O) groups is 1. The summed E-state index contributed by atoms with van der Waals surface area (Å²) in [5.41, 5.74) is 2.67. The van der Waals surface area contributed by atoms with Crippen LogP contribution in [0.3, 0.4) is 0 Å². The molecule has 0 bridgehead atoms. The number of methoxy groups -OCH3 is 1. The third-order valence-corrected chi connectivity index (χ3v) is 4.32. The minimum absolute atomic E-state index is 0.118. The molecule has 1 N–H and O–H groups in total. The van der Waals surface area contributed by atoms with Crippen molar-refractivity contribution in [2.24, 2.45) is 0 Å². The summed E-state index contributed by atoms with van der Waals surface area (Å²) in [5.74, 6) is 2.18. The van der Waals surface area contributed by atoms with E-state index in [9.17, 15) is 4.79 Å². The second-order valence-electron chi connectivity index (χ2n) is 5.81. The van der Waals surface area contributed by atoms with Crippen molar-refractivity contribution in [3.05, 3.63) is 41.0 Å². The Balaban J connectivity index is 1.73. The summed E-state index contributed by atoms with van der Waals surface area (Å²) in [5, 5.41) is 6.44. The summed E-state index contributed by atoms with van der Waals surface area (Å²) in [4.78, 5) is 15.7. The Morgan fingerprint density at radius 2 is 2.35 bits per heavy atom. The highest BCUT2D eigenvalue weighted by molar-refractivity contribution is 5.77. The number of nitrogens with one attached hydrogen (secondary N) is 1. The van der Waals surface area contributed by atoms with Crippen molar-refractivity contribution in [1.82, 2.24) is 15.5 Å². The van der Waals surface area contributed by atoms with Crippen LogP contribution in [0.1, 0.15) is 41.6 Å². The average molecular weight is 315 g/mol. The van der Waals surface area contributed by atoms with Crippen LogP contribution in [0.5, 0.6) is 5.75 Å². The molecule has 23 heavy (non-hydrogen) atoms. The second-order valence-corrected chi connectivity index (χ2v) is 5.81. The van der Waals surface area contributed by atoms with E-state index in [-0.39, 0.29) is 12.3 Å². The standard InChI is InChI=1S/C17H21N3O3/c1-18-16(21)10-15-19-17(23-20-15)9-12-5-3-4-11-8-13(22-2)6-7-14(11)12/h6-8,12H,3-5,9-10H2,1-2H3,(H,18,21)/t12-/m1/s1.